The SMILES string of the molecule is CCc1cccc(NC(=S)N[C@@H](C)c2ccc(F)cc2F)c1. The summed E-state index contributed by atoms with van der Waals surface area (Å²) >= 11 is 5.24. The van der Waals surface area contributed by atoms with E-state index in [1.54, 1.807) is 6.92 Å². The van der Waals surface area contributed by atoms with Crippen LogP contribution >= 0.6 is 12.2 Å². The molecule has 0 aliphatic rings. The Bertz CT molecular complexity index is 673. The highest BCUT2D eigenvalue weighted by atomic mass is 32.1. The molecule has 0 saturated carbocycles. The number of aryl methyl sites for hydroxylation is 1. The van der Waals surface area contributed by atoms with Crippen molar-refractivity contribution in [1.82, 2.24) is 5.32 Å². The molecule has 0 unspecified atom stereocenters. The van der Waals surface area contributed by atoms with Gasteiger partial charge in [-0.05, 0) is 49.3 Å². The highest BCUT2D eigenvalue weighted by molar-refractivity contribution is 7.80. The van der Waals surface area contributed by atoms with Crippen LogP contribution < -0.4 is 10.6 Å². The Morgan fingerprint density at radius 1 is 1.18 bits per heavy atom. The van der Waals surface area contributed by atoms with E-state index in [0.717, 1.165) is 18.2 Å². The minimum atomic E-state index is -0.592. The molecule has 5 heteroatoms. The fourth-order valence-electron chi connectivity index (χ4n) is 2.16. The first kappa shape index (κ1) is 16.4. The minimum absolute atomic E-state index is 0.366. The van der Waals surface area contributed by atoms with Gasteiger partial charge < -0.3 is 10.6 Å². The van der Waals surface area contributed by atoms with E-state index in [0.29, 0.717) is 10.7 Å². The summed E-state index contributed by atoms with van der Waals surface area (Å²) < 4.78 is 26.7. The van der Waals surface area contributed by atoms with Crippen LogP contribution in [0.15, 0.2) is 42.5 Å². The predicted octanol–water partition coefficient (Wildman–Crippen LogP) is 4.57. The van der Waals surface area contributed by atoms with Crippen LogP contribution in [0.5, 0.6) is 0 Å². The molecule has 2 aromatic rings. The summed E-state index contributed by atoms with van der Waals surface area (Å²) in [6.07, 6.45) is 0.937. The third-order valence-electron chi connectivity index (χ3n) is 3.37. The molecule has 0 heterocycles. The van der Waals surface area contributed by atoms with Crippen LogP contribution in [0.4, 0.5) is 14.5 Å². The average Bonchev–Trinajstić information content (AvgIpc) is 2.47. The molecule has 116 valence electrons. The normalized spacial score (nSPS) is 11.8. The smallest absolute Gasteiger partial charge is 0.171 e. The second-order valence-corrected chi connectivity index (χ2v) is 5.45. The van der Waals surface area contributed by atoms with Gasteiger partial charge in [0.15, 0.2) is 5.11 Å². The molecule has 0 aliphatic heterocycles. The zero-order valence-corrected chi connectivity index (χ0v) is 13.3. The Balaban J connectivity index is 2.01. The summed E-state index contributed by atoms with van der Waals surface area (Å²) in [5.74, 6) is -1.18. The zero-order chi connectivity index (χ0) is 16.1. The van der Waals surface area contributed by atoms with Gasteiger partial charge in [0.1, 0.15) is 11.6 Å². The summed E-state index contributed by atoms with van der Waals surface area (Å²) in [5.41, 5.74) is 2.45. The Morgan fingerprint density at radius 2 is 1.95 bits per heavy atom. The number of halogens is 2. The second kappa shape index (κ2) is 7.31. The summed E-state index contributed by atoms with van der Waals surface area (Å²) in [6, 6.07) is 11.1. The Hall–Kier alpha value is -2.01. The number of anilines is 1. The standard InChI is InChI=1S/C17H18F2N2S/c1-3-12-5-4-6-14(9-12)21-17(22)20-11(2)15-8-7-13(18)10-16(15)19/h4-11H,3H2,1-2H3,(H2,20,21,22)/t11-/m0/s1. The molecule has 2 aromatic carbocycles. The molecule has 0 spiro atoms. The van der Waals surface area contributed by atoms with Crippen molar-refractivity contribution in [1.29, 1.82) is 0 Å². The van der Waals surface area contributed by atoms with Crippen LogP contribution in [-0.2, 0) is 6.42 Å². The van der Waals surface area contributed by atoms with Crippen molar-refractivity contribution in [3.05, 3.63) is 65.2 Å². The fourth-order valence-corrected chi connectivity index (χ4v) is 2.46. The van der Waals surface area contributed by atoms with Gasteiger partial charge in [-0.15, -0.1) is 0 Å². The lowest BCUT2D eigenvalue weighted by molar-refractivity contribution is 0.554. The molecule has 2 nitrogen and oxygen atoms in total. The van der Waals surface area contributed by atoms with Gasteiger partial charge >= 0.3 is 0 Å². The van der Waals surface area contributed by atoms with Crippen LogP contribution in [0.25, 0.3) is 0 Å². The number of benzene rings is 2. The number of hydrogen-bond donors (Lipinski definition) is 2. The van der Waals surface area contributed by atoms with E-state index in [9.17, 15) is 8.78 Å². The zero-order valence-electron chi connectivity index (χ0n) is 12.5. The maximum absolute atomic E-state index is 13.7. The summed E-state index contributed by atoms with van der Waals surface area (Å²) in [5, 5.41) is 6.47. The van der Waals surface area contributed by atoms with Gasteiger partial charge in [0, 0.05) is 17.3 Å². The number of rotatable bonds is 4. The third-order valence-corrected chi connectivity index (χ3v) is 3.59. The van der Waals surface area contributed by atoms with E-state index in [2.05, 4.69) is 17.6 Å². The lowest BCUT2D eigenvalue weighted by Crippen LogP contribution is -2.31. The van der Waals surface area contributed by atoms with E-state index < -0.39 is 11.6 Å². The summed E-state index contributed by atoms with van der Waals surface area (Å²) in [4.78, 5) is 0. The molecule has 2 rings (SSSR count). The van der Waals surface area contributed by atoms with Crippen molar-refractivity contribution < 1.29 is 8.78 Å². The lowest BCUT2D eigenvalue weighted by atomic mass is 10.1. The molecular formula is C17H18F2N2S. The molecule has 0 bridgehead atoms. The van der Waals surface area contributed by atoms with Gasteiger partial charge in [0.2, 0.25) is 0 Å². The molecule has 22 heavy (non-hydrogen) atoms. The summed E-state index contributed by atoms with van der Waals surface area (Å²) in [6.45, 7) is 3.85. The van der Waals surface area contributed by atoms with Gasteiger partial charge in [0.25, 0.3) is 0 Å². The average molecular weight is 320 g/mol. The van der Waals surface area contributed by atoms with Crippen molar-refractivity contribution in [3.63, 3.8) is 0 Å². The van der Waals surface area contributed by atoms with Gasteiger partial charge in [0.05, 0.1) is 6.04 Å². The Labute approximate surface area is 134 Å². The van der Waals surface area contributed by atoms with Crippen LogP contribution in [0.3, 0.4) is 0 Å². The number of nitrogens with one attached hydrogen (secondary N) is 2. The van der Waals surface area contributed by atoms with E-state index in [1.807, 2.05) is 24.3 Å². The quantitative estimate of drug-likeness (QED) is 0.807. The maximum Gasteiger partial charge on any atom is 0.171 e. The van der Waals surface area contributed by atoms with E-state index >= 15 is 0 Å². The molecule has 1 atom stereocenters. The van der Waals surface area contributed by atoms with Gasteiger partial charge in [-0.3, -0.25) is 0 Å². The molecule has 0 amide bonds. The third kappa shape index (κ3) is 4.24. The van der Waals surface area contributed by atoms with Crippen molar-refractivity contribution in [2.24, 2.45) is 0 Å². The largest absolute Gasteiger partial charge is 0.356 e. The molecule has 0 aromatic heterocycles. The minimum Gasteiger partial charge on any atom is -0.356 e. The molecule has 0 fully saturated rings. The van der Waals surface area contributed by atoms with Gasteiger partial charge in [-0.1, -0.05) is 25.1 Å². The van der Waals surface area contributed by atoms with E-state index in [4.69, 9.17) is 12.2 Å². The predicted molar refractivity (Wildman–Crippen MR) is 89.9 cm³/mol. The lowest BCUT2D eigenvalue weighted by Gasteiger charge is -2.18. The van der Waals surface area contributed by atoms with Crippen molar-refractivity contribution in [2.75, 3.05) is 5.32 Å². The van der Waals surface area contributed by atoms with Crippen molar-refractivity contribution in [3.8, 4) is 0 Å². The number of thiocarbonyl (C=S) groups is 1. The highest BCUT2D eigenvalue weighted by Gasteiger charge is 2.12. The maximum atomic E-state index is 13.7. The van der Waals surface area contributed by atoms with Crippen molar-refractivity contribution >= 4 is 23.0 Å². The molecule has 0 aliphatic carbocycles. The first-order valence-corrected chi connectivity index (χ1v) is 7.52. The van der Waals surface area contributed by atoms with E-state index in [-0.39, 0.29) is 6.04 Å². The molecule has 2 N–H and O–H groups in total. The van der Waals surface area contributed by atoms with Crippen molar-refractivity contribution in [2.45, 2.75) is 26.3 Å². The van der Waals surface area contributed by atoms with E-state index in [1.165, 1.54) is 17.7 Å². The first-order chi connectivity index (χ1) is 10.5. The molecular weight excluding hydrogens is 302 g/mol. The van der Waals surface area contributed by atoms with Crippen LogP contribution in [0.2, 0.25) is 0 Å². The highest BCUT2D eigenvalue weighted by Crippen LogP contribution is 2.18. The first-order valence-electron chi connectivity index (χ1n) is 7.11. The second-order valence-electron chi connectivity index (χ2n) is 5.04. The molecule has 0 saturated heterocycles. The van der Waals surface area contributed by atoms with Crippen LogP contribution in [-0.4, -0.2) is 5.11 Å². The monoisotopic (exact) mass is 320 g/mol. The van der Waals surface area contributed by atoms with Crippen LogP contribution in [0.1, 0.15) is 31.0 Å². The fraction of sp³-hybridized carbons (Fsp3) is 0.235. The van der Waals surface area contributed by atoms with Gasteiger partial charge in [-0.25, -0.2) is 8.78 Å². The topological polar surface area (TPSA) is 24.1 Å². The van der Waals surface area contributed by atoms with Gasteiger partial charge in [-0.2, -0.15) is 0 Å². The summed E-state index contributed by atoms with van der Waals surface area (Å²) in [7, 11) is 0. The molecule has 0 radical (unpaired) electrons. The van der Waals surface area contributed by atoms with Crippen LogP contribution in [0, 0.1) is 11.6 Å². The Kier molecular flexibility index (Phi) is 5.44. The number of hydrogen-bond acceptors (Lipinski definition) is 1. The Morgan fingerprint density at radius 3 is 2.64 bits per heavy atom.